The summed E-state index contributed by atoms with van der Waals surface area (Å²) in [5, 5.41) is 9.74. The van der Waals surface area contributed by atoms with E-state index in [-0.39, 0.29) is 0 Å². The molecule has 2 aromatic carbocycles. The predicted octanol–water partition coefficient (Wildman–Crippen LogP) is 1.52. The maximum Gasteiger partial charge on any atom is 0.141 e. The normalized spacial score (nSPS) is 11.1. The van der Waals surface area contributed by atoms with E-state index in [1.165, 1.54) is 5.46 Å². The molecule has 5 nitrogen and oxygen atoms in total. The van der Waals surface area contributed by atoms with Gasteiger partial charge in [-0.05, 0) is 24.3 Å². The Morgan fingerprint density at radius 1 is 1.14 bits per heavy atom. The zero-order valence-corrected chi connectivity index (χ0v) is 12.4. The molecule has 22 heavy (non-hydrogen) atoms. The third-order valence-corrected chi connectivity index (χ3v) is 3.78. The zero-order chi connectivity index (χ0) is 15.1. The van der Waals surface area contributed by atoms with Crippen LogP contribution in [0.1, 0.15) is 0 Å². The fraction of sp³-hybridized carbons (Fsp3) is 0.0625. The zero-order valence-electron chi connectivity index (χ0n) is 12.4. The second kappa shape index (κ2) is 4.84. The highest BCUT2D eigenvalue weighted by atomic mass is 15.2. The Hall–Kier alpha value is -2.89. The second-order valence-corrected chi connectivity index (χ2v) is 5.41. The van der Waals surface area contributed by atoms with Crippen LogP contribution in [0.15, 0.2) is 48.9 Å². The number of aromatic nitrogens is 4. The molecule has 2 aromatic heterocycles. The molecule has 6 heteroatoms. The van der Waals surface area contributed by atoms with Crippen molar-refractivity contribution in [1.82, 2.24) is 19.7 Å². The van der Waals surface area contributed by atoms with Crippen molar-refractivity contribution in [2.75, 3.05) is 5.32 Å². The van der Waals surface area contributed by atoms with Gasteiger partial charge in [-0.25, -0.2) is 9.97 Å². The van der Waals surface area contributed by atoms with E-state index in [1.54, 1.807) is 6.33 Å². The predicted molar refractivity (Wildman–Crippen MR) is 91.7 cm³/mol. The molecular weight excluding hydrogens is 273 g/mol. The average Bonchev–Trinajstić information content (AvgIpc) is 2.87. The summed E-state index contributed by atoms with van der Waals surface area (Å²) >= 11 is 0. The summed E-state index contributed by atoms with van der Waals surface area (Å²) in [6.45, 7) is 0. The maximum atomic E-state index is 4.40. The molecule has 0 saturated heterocycles. The Morgan fingerprint density at radius 2 is 2.05 bits per heavy atom. The van der Waals surface area contributed by atoms with E-state index in [9.17, 15) is 0 Å². The molecule has 106 valence electrons. The van der Waals surface area contributed by atoms with Crippen molar-refractivity contribution >= 4 is 46.6 Å². The van der Waals surface area contributed by atoms with Crippen LogP contribution in [0.5, 0.6) is 0 Å². The summed E-state index contributed by atoms with van der Waals surface area (Å²) in [6, 6.07) is 12.3. The van der Waals surface area contributed by atoms with Crippen LogP contribution in [0.2, 0.25) is 0 Å². The third kappa shape index (κ3) is 2.09. The number of aryl methyl sites for hydroxylation is 1. The molecule has 0 aliphatic heterocycles. The van der Waals surface area contributed by atoms with Gasteiger partial charge in [0.1, 0.15) is 20.0 Å². The van der Waals surface area contributed by atoms with Gasteiger partial charge < -0.3 is 5.32 Å². The Labute approximate surface area is 128 Å². The van der Waals surface area contributed by atoms with Gasteiger partial charge in [0, 0.05) is 23.5 Å². The van der Waals surface area contributed by atoms with Crippen molar-refractivity contribution in [1.29, 1.82) is 0 Å². The first-order chi connectivity index (χ1) is 10.7. The molecular formula is C16H14BN5. The van der Waals surface area contributed by atoms with Crippen LogP contribution in [0.3, 0.4) is 0 Å². The van der Waals surface area contributed by atoms with Gasteiger partial charge in [-0.3, -0.25) is 4.68 Å². The fourth-order valence-corrected chi connectivity index (χ4v) is 2.66. The Kier molecular flexibility index (Phi) is 2.82. The lowest BCUT2D eigenvalue weighted by Crippen LogP contribution is -2.03. The summed E-state index contributed by atoms with van der Waals surface area (Å²) in [6.07, 6.45) is 3.45. The van der Waals surface area contributed by atoms with Crippen molar-refractivity contribution in [2.24, 2.45) is 7.05 Å². The summed E-state index contributed by atoms with van der Waals surface area (Å²) in [5.41, 5.74) is 4.19. The average molecular weight is 287 g/mol. The van der Waals surface area contributed by atoms with Crippen LogP contribution >= 0.6 is 0 Å². The van der Waals surface area contributed by atoms with Crippen LogP contribution in [-0.4, -0.2) is 27.6 Å². The first-order valence-corrected chi connectivity index (χ1v) is 7.11. The first kappa shape index (κ1) is 12.8. The lowest BCUT2D eigenvalue weighted by molar-refractivity contribution is 0.797. The minimum absolute atomic E-state index is 0.807. The van der Waals surface area contributed by atoms with Crippen molar-refractivity contribution in [3.8, 4) is 0 Å². The fourth-order valence-electron chi connectivity index (χ4n) is 2.66. The first-order valence-electron chi connectivity index (χ1n) is 7.11. The highest BCUT2D eigenvalue weighted by molar-refractivity contribution is 6.32. The molecule has 4 rings (SSSR count). The number of nitrogens with one attached hydrogen (secondary N) is 1. The van der Waals surface area contributed by atoms with Gasteiger partial charge in [0.15, 0.2) is 0 Å². The van der Waals surface area contributed by atoms with Crippen LogP contribution in [0.25, 0.3) is 21.8 Å². The molecule has 0 saturated carbocycles. The van der Waals surface area contributed by atoms with E-state index in [0.717, 1.165) is 33.3 Å². The number of benzene rings is 2. The Bertz CT molecular complexity index is 992. The van der Waals surface area contributed by atoms with E-state index in [1.807, 2.05) is 36.1 Å². The number of anilines is 2. The molecule has 4 aromatic rings. The van der Waals surface area contributed by atoms with E-state index in [4.69, 9.17) is 0 Å². The molecule has 0 aliphatic rings. The monoisotopic (exact) mass is 287 g/mol. The second-order valence-electron chi connectivity index (χ2n) is 5.41. The number of hydrogen-bond acceptors (Lipinski definition) is 4. The van der Waals surface area contributed by atoms with Crippen molar-refractivity contribution in [3.05, 3.63) is 48.9 Å². The molecule has 1 N–H and O–H groups in total. The summed E-state index contributed by atoms with van der Waals surface area (Å²) < 4.78 is 1.85. The van der Waals surface area contributed by atoms with Crippen LogP contribution in [0, 0.1) is 0 Å². The Morgan fingerprint density at radius 3 is 2.91 bits per heavy atom. The summed E-state index contributed by atoms with van der Waals surface area (Å²) in [4.78, 5) is 8.78. The van der Waals surface area contributed by atoms with Gasteiger partial charge in [-0.2, -0.15) is 5.10 Å². The minimum atomic E-state index is 0.807. The van der Waals surface area contributed by atoms with Gasteiger partial charge in [-0.15, -0.1) is 0 Å². The number of hydrogen-bond donors (Lipinski definition) is 1. The van der Waals surface area contributed by atoms with E-state index >= 15 is 0 Å². The van der Waals surface area contributed by atoms with E-state index < -0.39 is 0 Å². The molecule has 0 fully saturated rings. The van der Waals surface area contributed by atoms with Gasteiger partial charge in [-0.1, -0.05) is 17.6 Å². The highest BCUT2D eigenvalue weighted by Gasteiger charge is 2.08. The number of rotatable bonds is 2. The molecule has 0 radical (unpaired) electrons. The molecule has 0 amide bonds. The van der Waals surface area contributed by atoms with Gasteiger partial charge in [0.2, 0.25) is 0 Å². The van der Waals surface area contributed by atoms with E-state index in [2.05, 4.69) is 46.4 Å². The Balaban J connectivity index is 1.88. The SMILES string of the molecule is Bc1cccc(Nc2ncnc3cc4c(cnn4C)cc23)c1. The number of nitrogens with zero attached hydrogens (tertiary/aromatic N) is 4. The lowest BCUT2D eigenvalue weighted by atomic mass is 9.96. The largest absolute Gasteiger partial charge is 0.340 e. The molecule has 0 bridgehead atoms. The van der Waals surface area contributed by atoms with Crippen LogP contribution < -0.4 is 10.8 Å². The standard InChI is InChI=1S/C16H14BN5/c1-22-15-7-14-13(5-10(15)8-20-22)16(19-9-18-14)21-12-4-2-3-11(17)6-12/h2-9H,17H2,1H3,(H,18,19,21). The molecule has 0 aliphatic carbocycles. The summed E-state index contributed by atoms with van der Waals surface area (Å²) in [7, 11) is 4.00. The highest BCUT2D eigenvalue weighted by Crippen LogP contribution is 2.26. The molecule has 0 spiro atoms. The van der Waals surface area contributed by atoms with Crippen LogP contribution in [0.4, 0.5) is 11.5 Å². The van der Waals surface area contributed by atoms with Crippen molar-refractivity contribution in [2.45, 2.75) is 0 Å². The molecule has 0 unspecified atom stereocenters. The molecule has 0 atom stereocenters. The van der Waals surface area contributed by atoms with Crippen molar-refractivity contribution in [3.63, 3.8) is 0 Å². The molecule has 2 heterocycles. The van der Waals surface area contributed by atoms with Gasteiger partial charge in [0.25, 0.3) is 0 Å². The van der Waals surface area contributed by atoms with E-state index in [0.29, 0.717) is 0 Å². The smallest absolute Gasteiger partial charge is 0.141 e. The maximum absolute atomic E-state index is 4.40. The van der Waals surface area contributed by atoms with Gasteiger partial charge >= 0.3 is 0 Å². The quantitative estimate of drug-likeness (QED) is 0.568. The number of fused-ring (bicyclic) bond motifs is 2. The summed E-state index contributed by atoms with van der Waals surface area (Å²) in [5.74, 6) is 0.807. The lowest BCUT2D eigenvalue weighted by Gasteiger charge is -2.09. The van der Waals surface area contributed by atoms with Crippen LogP contribution in [-0.2, 0) is 7.05 Å². The third-order valence-electron chi connectivity index (χ3n) is 3.78. The minimum Gasteiger partial charge on any atom is -0.340 e. The van der Waals surface area contributed by atoms with Gasteiger partial charge in [0.05, 0.1) is 17.2 Å². The van der Waals surface area contributed by atoms with Crippen molar-refractivity contribution < 1.29 is 0 Å². The topological polar surface area (TPSA) is 55.6 Å².